The number of azide groups is 1. The molecule has 3 nitrogen and oxygen atoms in total. The summed E-state index contributed by atoms with van der Waals surface area (Å²) in [5.41, 5.74) is 8.93. The van der Waals surface area contributed by atoms with E-state index in [1.165, 1.54) is 0 Å². The molecule has 0 fully saturated rings. The highest BCUT2D eigenvalue weighted by molar-refractivity contribution is 6.48. The molecule has 0 N–H and O–H groups in total. The van der Waals surface area contributed by atoms with E-state index in [9.17, 15) is 0 Å². The summed E-state index contributed by atoms with van der Waals surface area (Å²) in [4.78, 5) is 2.65. The summed E-state index contributed by atoms with van der Waals surface area (Å²) in [5, 5.41) is 4.60. The first-order chi connectivity index (χ1) is 7.65. The van der Waals surface area contributed by atoms with Crippen molar-refractivity contribution < 1.29 is 0 Å². The third kappa shape index (κ3) is 3.95. The number of hydrogen-bond donors (Lipinski definition) is 0. The monoisotopic (exact) mass is 275 g/mol. The van der Waals surface area contributed by atoms with Crippen LogP contribution in [0.4, 0.5) is 0 Å². The third-order valence-corrected chi connectivity index (χ3v) is 2.97. The zero-order valence-corrected chi connectivity index (χ0v) is 10.5. The fraction of sp³-hybridized carbons (Fsp3) is 0.200. The van der Waals surface area contributed by atoms with E-state index < -0.39 is 0 Å². The summed E-state index contributed by atoms with van der Waals surface area (Å²) in [6.45, 7) is 0.433. The quantitative estimate of drug-likeness (QED) is 0.234. The summed E-state index contributed by atoms with van der Waals surface area (Å²) < 4.78 is 0. The SMILES string of the molecule is [N-]=[N+]=NCCC=Cc1cc(Cl)c(Cl)c(Cl)c1. The fourth-order valence-corrected chi connectivity index (χ4v) is 1.68. The summed E-state index contributed by atoms with van der Waals surface area (Å²) in [6.07, 6.45) is 4.40. The van der Waals surface area contributed by atoms with E-state index in [0.717, 1.165) is 5.56 Å². The molecule has 0 bridgehead atoms. The zero-order chi connectivity index (χ0) is 12.0. The number of halogens is 3. The van der Waals surface area contributed by atoms with Gasteiger partial charge in [-0.1, -0.05) is 52.1 Å². The van der Waals surface area contributed by atoms with Gasteiger partial charge in [0.15, 0.2) is 0 Å². The van der Waals surface area contributed by atoms with E-state index in [-0.39, 0.29) is 0 Å². The van der Waals surface area contributed by atoms with Gasteiger partial charge in [-0.05, 0) is 29.6 Å². The topological polar surface area (TPSA) is 48.8 Å². The van der Waals surface area contributed by atoms with Crippen LogP contribution in [0.15, 0.2) is 23.3 Å². The first-order valence-corrected chi connectivity index (χ1v) is 5.60. The fourth-order valence-electron chi connectivity index (χ4n) is 1.07. The first kappa shape index (κ1) is 13.2. The number of nitrogens with zero attached hydrogens (tertiary/aromatic N) is 3. The predicted molar refractivity (Wildman–Crippen MR) is 69.1 cm³/mol. The molecule has 16 heavy (non-hydrogen) atoms. The van der Waals surface area contributed by atoms with Gasteiger partial charge in [0, 0.05) is 11.5 Å². The van der Waals surface area contributed by atoms with Crippen molar-refractivity contribution in [2.75, 3.05) is 6.54 Å². The van der Waals surface area contributed by atoms with Gasteiger partial charge in [-0.15, -0.1) is 0 Å². The maximum atomic E-state index is 8.07. The third-order valence-electron chi connectivity index (χ3n) is 1.78. The Labute approximate surface area is 108 Å². The van der Waals surface area contributed by atoms with E-state index in [2.05, 4.69) is 10.0 Å². The Morgan fingerprint density at radius 3 is 2.44 bits per heavy atom. The molecule has 0 aromatic heterocycles. The van der Waals surface area contributed by atoms with E-state index in [1.807, 2.05) is 12.2 Å². The Hall–Kier alpha value is -0.860. The number of rotatable bonds is 4. The molecular weight excluding hydrogens is 268 g/mol. The lowest BCUT2D eigenvalue weighted by Crippen LogP contribution is -1.78. The van der Waals surface area contributed by atoms with Crippen LogP contribution in [-0.4, -0.2) is 6.54 Å². The van der Waals surface area contributed by atoms with Gasteiger partial charge >= 0.3 is 0 Å². The first-order valence-electron chi connectivity index (χ1n) is 4.47. The van der Waals surface area contributed by atoms with Crippen LogP contribution in [0.2, 0.25) is 15.1 Å². The van der Waals surface area contributed by atoms with Crippen molar-refractivity contribution in [2.45, 2.75) is 6.42 Å². The van der Waals surface area contributed by atoms with E-state index in [0.29, 0.717) is 28.0 Å². The molecule has 0 amide bonds. The maximum absolute atomic E-state index is 8.07. The lowest BCUT2D eigenvalue weighted by Gasteiger charge is -2.00. The second-order valence-corrected chi connectivity index (χ2v) is 4.14. The Bertz CT molecular complexity index is 428. The molecule has 0 saturated heterocycles. The van der Waals surface area contributed by atoms with Gasteiger partial charge in [-0.25, -0.2) is 0 Å². The Morgan fingerprint density at radius 2 is 1.88 bits per heavy atom. The minimum atomic E-state index is 0.356. The van der Waals surface area contributed by atoms with Crippen LogP contribution in [0.5, 0.6) is 0 Å². The molecule has 0 aliphatic rings. The molecule has 1 aromatic rings. The molecule has 0 heterocycles. The normalized spacial score (nSPS) is 10.4. The number of benzene rings is 1. The molecule has 1 aromatic carbocycles. The molecule has 0 atom stereocenters. The molecular formula is C10H8Cl3N3. The summed E-state index contributed by atoms with van der Waals surface area (Å²) in [5.74, 6) is 0. The van der Waals surface area contributed by atoms with Gasteiger partial charge in [0.1, 0.15) is 0 Å². The van der Waals surface area contributed by atoms with Crippen LogP contribution in [0.25, 0.3) is 16.5 Å². The van der Waals surface area contributed by atoms with Crippen molar-refractivity contribution in [3.05, 3.63) is 49.3 Å². The zero-order valence-electron chi connectivity index (χ0n) is 8.20. The minimum absolute atomic E-state index is 0.356. The van der Waals surface area contributed by atoms with E-state index in [1.54, 1.807) is 12.1 Å². The highest BCUT2D eigenvalue weighted by atomic mass is 35.5. The van der Waals surface area contributed by atoms with Crippen LogP contribution in [0.3, 0.4) is 0 Å². The van der Waals surface area contributed by atoms with Crippen LogP contribution < -0.4 is 0 Å². The van der Waals surface area contributed by atoms with Crippen molar-refractivity contribution in [1.82, 2.24) is 0 Å². The van der Waals surface area contributed by atoms with Crippen LogP contribution in [0, 0.1) is 0 Å². The Kier molecular flexibility index (Phi) is 5.50. The smallest absolute Gasteiger partial charge is 0.0778 e. The lowest BCUT2D eigenvalue weighted by atomic mass is 10.2. The molecule has 84 valence electrons. The van der Waals surface area contributed by atoms with Crippen molar-refractivity contribution in [2.24, 2.45) is 5.11 Å². The summed E-state index contributed by atoms with van der Waals surface area (Å²) in [7, 11) is 0. The highest BCUT2D eigenvalue weighted by Gasteiger charge is 2.03. The molecule has 0 saturated carbocycles. The standard InChI is InChI=1S/C10H8Cl3N3/c11-8-5-7(6-9(12)10(8)13)3-1-2-4-15-16-14/h1,3,5-6H,2,4H2. The largest absolute Gasteiger partial charge is 0.0937 e. The molecule has 6 heteroatoms. The second kappa shape index (κ2) is 6.66. The highest BCUT2D eigenvalue weighted by Crippen LogP contribution is 2.31. The predicted octanol–water partition coefficient (Wildman–Crippen LogP) is 5.36. The van der Waals surface area contributed by atoms with Crippen LogP contribution in [0.1, 0.15) is 12.0 Å². The molecule has 0 unspecified atom stereocenters. The second-order valence-electron chi connectivity index (χ2n) is 2.94. The van der Waals surface area contributed by atoms with Gasteiger partial charge in [0.2, 0.25) is 0 Å². The lowest BCUT2D eigenvalue weighted by molar-refractivity contribution is 0.996. The Balaban J connectivity index is 2.71. The molecule has 0 aliphatic heterocycles. The van der Waals surface area contributed by atoms with Crippen LogP contribution >= 0.6 is 34.8 Å². The summed E-state index contributed by atoms with van der Waals surface area (Å²) in [6, 6.07) is 3.44. The van der Waals surface area contributed by atoms with Crippen LogP contribution in [-0.2, 0) is 0 Å². The average Bonchev–Trinajstić information content (AvgIpc) is 2.25. The van der Waals surface area contributed by atoms with Gasteiger partial charge in [-0.3, -0.25) is 0 Å². The Morgan fingerprint density at radius 1 is 1.25 bits per heavy atom. The molecule has 0 spiro atoms. The molecule has 0 aliphatic carbocycles. The molecule has 0 radical (unpaired) electrons. The van der Waals surface area contributed by atoms with Crippen molar-refractivity contribution in [3.63, 3.8) is 0 Å². The van der Waals surface area contributed by atoms with Crippen molar-refractivity contribution in [3.8, 4) is 0 Å². The van der Waals surface area contributed by atoms with Crippen molar-refractivity contribution >= 4 is 40.9 Å². The summed E-state index contributed by atoms with van der Waals surface area (Å²) >= 11 is 17.5. The number of hydrogen-bond acceptors (Lipinski definition) is 1. The minimum Gasteiger partial charge on any atom is -0.0937 e. The maximum Gasteiger partial charge on any atom is 0.0778 e. The van der Waals surface area contributed by atoms with Gasteiger partial charge in [0.25, 0.3) is 0 Å². The van der Waals surface area contributed by atoms with E-state index in [4.69, 9.17) is 40.3 Å². The van der Waals surface area contributed by atoms with Gasteiger partial charge < -0.3 is 0 Å². The van der Waals surface area contributed by atoms with Gasteiger partial charge in [-0.2, -0.15) is 0 Å². The van der Waals surface area contributed by atoms with Crippen molar-refractivity contribution in [1.29, 1.82) is 0 Å². The average molecular weight is 277 g/mol. The molecule has 1 rings (SSSR count). The van der Waals surface area contributed by atoms with E-state index >= 15 is 0 Å². The van der Waals surface area contributed by atoms with Gasteiger partial charge in [0.05, 0.1) is 15.1 Å².